The predicted octanol–water partition coefficient (Wildman–Crippen LogP) is 4.97. The molecule has 0 fully saturated rings. The fraction of sp³-hybridized carbons (Fsp3) is 0.111. The number of ether oxygens (including phenoxy) is 2. The number of nitrogens with one attached hydrogen (secondary N) is 1. The molecule has 3 aromatic carbocycles. The number of benzene rings is 3. The Bertz CT molecular complexity index is 1410. The van der Waals surface area contributed by atoms with Crippen LogP contribution < -0.4 is 10.3 Å². The Balaban J connectivity index is 1.49. The molecule has 4 rings (SSSR count). The monoisotopic (exact) mass is 483 g/mol. The van der Waals surface area contributed by atoms with E-state index in [9.17, 15) is 14.9 Å². The standard InChI is InChI=1S/C27H21N3O4S/c1-33-26(32)21-13-9-19(10-14-21)17-35-27-29-24(23(15-28)25(31)30-27)20-11-7-18(8-12-20)16-34-22-5-3-2-4-6-22/h2-14H,16-17H2,1H3,(H,29,30,31). The summed E-state index contributed by atoms with van der Waals surface area (Å²) in [4.78, 5) is 31.4. The van der Waals surface area contributed by atoms with Gasteiger partial charge >= 0.3 is 5.97 Å². The van der Waals surface area contributed by atoms with Crippen molar-refractivity contribution in [2.24, 2.45) is 0 Å². The van der Waals surface area contributed by atoms with Gasteiger partial charge in [-0.25, -0.2) is 9.78 Å². The van der Waals surface area contributed by atoms with Crippen LogP contribution in [0.25, 0.3) is 11.3 Å². The van der Waals surface area contributed by atoms with Gasteiger partial charge in [-0.2, -0.15) is 5.26 Å². The molecule has 1 N–H and O–H groups in total. The molecular weight excluding hydrogens is 462 g/mol. The first-order chi connectivity index (χ1) is 17.1. The van der Waals surface area contributed by atoms with Crippen molar-refractivity contribution in [1.29, 1.82) is 5.26 Å². The summed E-state index contributed by atoms with van der Waals surface area (Å²) in [5.41, 5.74) is 2.83. The lowest BCUT2D eigenvalue weighted by molar-refractivity contribution is 0.0600. The van der Waals surface area contributed by atoms with Crippen molar-refractivity contribution in [1.82, 2.24) is 9.97 Å². The van der Waals surface area contributed by atoms with Crippen LogP contribution in [0.2, 0.25) is 0 Å². The molecule has 174 valence electrons. The zero-order valence-corrected chi connectivity index (χ0v) is 19.7. The molecule has 0 radical (unpaired) electrons. The van der Waals surface area contributed by atoms with E-state index in [1.807, 2.05) is 72.8 Å². The van der Waals surface area contributed by atoms with Crippen LogP contribution in [-0.2, 0) is 17.1 Å². The molecular formula is C27H21N3O4S. The van der Waals surface area contributed by atoms with Gasteiger partial charge in [-0.15, -0.1) is 0 Å². The van der Waals surface area contributed by atoms with Gasteiger partial charge in [0.15, 0.2) is 5.16 Å². The lowest BCUT2D eigenvalue weighted by atomic mass is 10.1. The number of hydrogen-bond acceptors (Lipinski definition) is 7. The first kappa shape index (κ1) is 23.8. The van der Waals surface area contributed by atoms with Gasteiger partial charge in [0, 0.05) is 11.3 Å². The van der Waals surface area contributed by atoms with Crippen molar-refractivity contribution < 1.29 is 14.3 Å². The second-order valence-electron chi connectivity index (χ2n) is 7.48. The molecule has 4 aromatic rings. The van der Waals surface area contributed by atoms with Crippen molar-refractivity contribution in [3.05, 3.63) is 111 Å². The minimum atomic E-state index is -0.488. The SMILES string of the molecule is COC(=O)c1ccc(CSc2nc(-c3ccc(COc4ccccc4)cc3)c(C#N)c(=O)[nH]2)cc1. The largest absolute Gasteiger partial charge is 0.489 e. The van der Waals surface area contributed by atoms with E-state index in [0.717, 1.165) is 16.9 Å². The maximum Gasteiger partial charge on any atom is 0.337 e. The third kappa shape index (κ3) is 5.96. The van der Waals surface area contributed by atoms with Crippen molar-refractivity contribution in [3.63, 3.8) is 0 Å². The maximum atomic E-state index is 12.6. The second kappa shape index (κ2) is 11.2. The number of nitrogens with zero attached hydrogens (tertiary/aromatic N) is 2. The number of hydrogen-bond donors (Lipinski definition) is 1. The quantitative estimate of drug-likeness (QED) is 0.214. The number of H-pyrrole nitrogens is 1. The summed E-state index contributed by atoms with van der Waals surface area (Å²) in [5.74, 6) is 0.900. The molecule has 0 unspecified atom stereocenters. The van der Waals surface area contributed by atoms with Crippen LogP contribution in [0.1, 0.15) is 27.0 Å². The summed E-state index contributed by atoms with van der Waals surface area (Å²) in [7, 11) is 1.34. The fourth-order valence-corrected chi connectivity index (χ4v) is 4.10. The van der Waals surface area contributed by atoms with Gasteiger partial charge in [-0.05, 0) is 35.4 Å². The topological polar surface area (TPSA) is 105 Å². The predicted molar refractivity (Wildman–Crippen MR) is 133 cm³/mol. The molecule has 0 bridgehead atoms. The van der Waals surface area contributed by atoms with Crippen LogP contribution >= 0.6 is 11.8 Å². The molecule has 0 saturated heterocycles. The van der Waals surface area contributed by atoms with Crippen LogP contribution in [0.5, 0.6) is 5.75 Å². The van der Waals surface area contributed by atoms with Crippen LogP contribution in [0, 0.1) is 11.3 Å². The fourth-order valence-electron chi connectivity index (χ4n) is 3.28. The number of aromatic amines is 1. The van der Waals surface area contributed by atoms with Crippen LogP contribution in [0.4, 0.5) is 0 Å². The zero-order valence-electron chi connectivity index (χ0n) is 18.9. The lowest BCUT2D eigenvalue weighted by Gasteiger charge is -2.09. The highest BCUT2D eigenvalue weighted by atomic mass is 32.2. The van der Waals surface area contributed by atoms with E-state index < -0.39 is 11.5 Å². The summed E-state index contributed by atoms with van der Waals surface area (Å²) in [6.07, 6.45) is 0. The van der Waals surface area contributed by atoms with Crippen molar-refractivity contribution in [2.75, 3.05) is 7.11 Å². The van der Waals surface area contributed by atoms with Gasteiger partial charge in [-0.3, -0.25) is 4.79 Å². The first-order valence-electron chi connectivity index (χ1n) is 10.7. The Hall–Kier alpha value is -4.35. The molecule has 0 spiro atoms. The molecule has 0 saturated carbocycles. The van der Waals surface area contributed by atoms with Gasteiger partial charge in [0.2, 0.25) is 0 Å². The van der Waals surface area contributed by atoms with Gasteiger partial charge in [0.25, 0.3) is 5.56 Å². The van der Waals surface area contributed by atoms with Crippen LogP contribution in [-0.4, -0.2) is 23.0 Å². The van der Waals surface area contributed by atoms with E-state index in [4.69, 9.17) is 9.47 Å². The summed E-state index contributed by atoms with van der Waals surface area (Å²) in [5, 5.41) is 9.94. The molecule has 0 amide bonds. The summed E-state index contributed by atoms with van der Waals surface area (Å²) < 4.78 is 10.5. The molecule has 0 aliphatic rings. The number of methoxy groups -OCH3 is 1. The van der Waals surface area contributed by atoms with Gasteiger partial charge in [-0.1, -0.05) is 66.4 Å². The molecule has 35 heavy (non-hydrogen) atoms. The van der Waals surface area contributed by atoms with E-state index in [0.29, 0.717) is 34.3 Å². The van der Waals surface area contributed by atoms with Crippen molar-refractivity contribution >= 4 is 17.7 Å². The minimum absolute atomic E-state index is 0.0370. The molecule has 8 heteroatoms. The minimum Gasteiger partial charge on any atom is -0.489 e. The van der Waals surface area contributed by atoms with E-state index in [1.165, 1.54) is 18.9 Å². The van der Waals surface area contributed by atoms with Crippen LogP contribution in [0.3, 0.4) is 0 Å². The molecule has 0 aliphatic carbocycles. The van der Waals surface area contributed by atoms with Crippen molar-refractivity contribution in [3.8, 4) is 23.1 Å². The first-order valence-corrected chi connectivity index (χ1v) is 11.7. The number of carbonyl (C=O) groups is 1. The number of rotatable bonds is 8. The molecule has 0 aliphatic heterocycles. The Kier molecular flexibility index (Phi) is 7.60. The highest BCUT2D eigenvalue weighted by Gasteiger charge is 2.14. The highest BCUT2D eigenvalue weighted by molar-refractivity contribution is 7.98. The number of nitriles is 1. The van der Waals surface area contributed by atoms with E-state index in [2.05, 4.69) is 9.97 Å². The Morgan fingerprint density at radius 2 is 1.69 bits per heavy atom. The highest BCUT2D eigenvalue weighted by Crippen LogP contribution is 2.25. The number of esters is 1. The van der Waals surface area contributed by atoms with Gasteiger partial charge in [0.05, 0.1) is 18.4 Å². The van der Waals surface area contributed by atoms with E-state index in [-0.39, 0.29) is 5.56 Å². The van der Waals surface area contributed by atoms with Crippen molar-refractivity contribution in [2.45, 2.75) is 17.5 Å². The zero-order chi connectivity index (χ0) is 24.6. The third-order valence-electron chi connectivity index (χ3n) is 5.14. The Labute approximate surface area is 206 Å². The Morgan fingerprint density at radius 1 is 1.00 bits per heavy atom. The number of carbonyl (C=O) groups excluding carboxylic acids is 1. The smallest absolute Gasteiger partial charge is 0.337 e. The van der Waals surface area contributed by atoms with E-state index >= 15 is 0 Å². The van der Waals surface area contributed by atoms with Gasteiger partial charge < -0.3 is 14.5 Å². The number of thioether (sulfide) groups is 1. The molecule has 1 heterocycles. The summed E-state index contributed by atoms with van der Waals surface area (Å²) in [6.45, 7) is 0.397. The number of para-hydroxylation sites is 1. The summed E-state index contributed by atoms with van der Waals surface area (Å²) in [6, 6.07) is 25.9. The van der Waals surface area contributed by atoms with Gasteiger partial charge in [0.1, 0.15) is 24.0 Å². The Morgan fingerprint density at radius 3 is 2.34 bits per heavy atom. The van der Waals surface area contributed by atoms with E-state index in [1.54, 1.807) is 12.1 Å². The van der Waals surface area contributed by atoms with Crippen LogP contribution in [0.15, 0.2) is 88.8 Å². The average Bonchev–Trinajstić information content (AvgIpc) is 2.91. The second-order valence-corrected chi connectivity index (χ2v) is 8.45. The molecule has 0 atom stereocenters. The maximum absolute atomic E-state index is 12.6. The summed E-state index contributed by atoms with van der Waals surface area (Å²) >= 11 is 1.33. The third-order valence-corrected chi connectivity index (χ3v) is 6.08. The molecule has 7 nitrogen and oxygen atoms in total. The average molecular weight is 484 g/mol. The number of aromatic nitrogens is 2. The normalized spacial score (nSPS) is 10.4. The lowest BCUT2D eigenvalue weighted by Crippen LogP contribution is -2.14. The molecule has 1 aromatic heterocycles.